The van der Waals surface area contributed by atoms with Crippen LogP contribution in [0.5, 0.6) is 0 Å². The number of amides is 1. The zero-order chi connectivity index (χ0) is 27.5. The fraction of sp³-hybridized carbons (Fsp3) is 0.161. The van der Waals surface area contributed by atoms with Gasteiger partial charge in [-0.3, -0.25) is 19.8 Å². The van der Waals surface area contributed by atoms with E-state index in [-0.39, 0.29) is 11.6 Å². The van der Waals surface area contributed by atoms with Crippen molar-refractivity contribution < 1.29 is 9.72 Å². The molecule has 1 saturated heterocycles. The lowest BCUT2D eigenvalue weighted by Gasteiger charge is -2.17. The van der Waals surface area contributed by atoms with Crippen LogP contribution in [0.1, 0.15) is 40.8 Å². The van der Waals surface area contributed by atoms with Crippen molar-refractivity contribution in [3.63, 3.8) is 0 Å². The van der Waals surface area contributed by atoms with Crippen molar-refractivity contribution in [1.29, 1.82) is 0 Å². The first-order valence-electron chi connectivity index (χ1n) is 13.2. The van der Waals surface area contributed by atoms with Crippen LogP contribution >= 0.6 is 0 Å². The highest BCUT2D eigenvalue weighted by molar-refractivity contribution is 6.37. The number of carbonyl (C=O) groups excluding carboxylic acids is 1. The number of hydrogen-bond donors (Lipinski definition) is 3. The first-order chi connectivity index (χ1) is 19.5. The summed E-state index contributed by atoms with van der Waals surface area (Å²) >= 11 is 0. The molecule has 3 N–H and O–H groups in total. The van der Waals surface area contributed by atoms with Crippen molar-refractivity contribution in [1.82, 2.24) is 14.9 Å². The Kier molecular flexibility index (Phi) is 6.95. The van der Waals surface area contributed by atoms with Gasteiger partial charge in [0.1, 0.15) is 0 Å². The summed E-state index contributed by atoms with van der Waals surface area (Å²) in [5, 5.41) is 17.8. The van der Waals surface area contributed by atoms with Crippen LogP contribution < -0.4 is 10.6 Å². The van der Waals surface area contributed by atoms with Gasteiger partial charge < -0.3 is 15.6 Å². The molecule has 9 heteroatoms. The first-order valence-corrected chi connectivity index (χ1v) is 13.2. The third kappa shape index (κ3) is 5.41. The highest BCUT2D eigenvalue weighted by Gasteiger charge is 2.30. The number of nitro benzene ring substituents is 1. The van der Waals surface area contributed by atoms with E-state index in [0.717, 1.165) is 42.1 Å². The van der Waals surface area contributed by atoms with E-state index in [9.17, 15) is 14.9 Å². The summed E-state index contributed by atoms with van der Waals surface area (Å²) in [6, 6.07) is 20.4. The molecule has 0 atom stereocenters. The average molecular weight is 533 g/mol. The number of aromatic amines is 1. The smallest absolute Gasteiger partial charge is 0.270 e. The Balaban J connectivity index is 1.36. The van der Waals surface area contributed by atoms with Crippen molar-refractivity contribution in [3.8, 4) is 0 Å². The molecule has 4 aromatic rings. The Morgan fingerprint density at radius 1 is 1.02 bits per heavy atom. The molecule has 3 aromatic carbocycles. The molecule has 40 heavy (non-hydrogen) atoms. The van der Waals surface area contributed by atoms with Crippen molar-refractivity contribution >= 4 is 46.4 Å². The molecule has 1 fully saturated rings. The number of carbonyl (C=O) groups is 1. The maximum atomic E-state index is 13.3. The number of nitro groups is 1. The lowest BCUT2D eigenvalue weighted by molar-refractivity contribution is -0.384. The number of non-ortho nitro benzene ring substituents is 1. The van der Waals surface area contributed by atoms with E-state index in [0.29, 0.717) is 22.5 Å². The van der Waals surface area contributed by atoms with Gasteiger partial charge in [0.25, 0.3) is 11.6 Å². The topological polar surface area (TPSA) is 116 Å². The van der Waals surface area contributed by atoms with Gasteiger partial charge >= 0.3 is 0 Å². The first kappa shape index (κ1) is 25.3. The summed E-state index contributed by atoms with van der Waals surface area (Å²) in [4.78, 5) is 33.9. The minimum absolute atomic E-state index is 0.0684. The predicted octanol–water partition coefficient (Wildman–Crippen LogP) is 6.02. The molecule has 0 spiro atoms. The van der Waals surface area contributed by atoms with E-state index in [1.807, 2.05) is 54.7 Å². The van der Waals surface area contributed by atoms with E-state index in [1.165, 1.54) is 30.5 Å². The summed E-state index contributed by atoms with van der Waals surface area (Å²) in [6.45, 7) is 3.12. The summed E-state index contributed by atoms with van der Waals surface area (Å²) in [5.74, 6) is -0.308. The molecule has 1 aromatic heterocycles. The molecule has 200 valence electrons. The highest BCUT2D eigenvalue weighted by Crippen LogP contribution is 2.39. The number of nitrogens with one attached hydrogen (secondary N) is 3. The average Bonchev–Trinajstić information content (AvgIpc) is 3.73. The third-order valence-corrected chi connectivity index (χ3v) is 7.20. The molecule has 0 aliphatic carbocycles. The lowest BCUT2D eigenvalue weighted by Crippen LogP contribution is -2.18. The van der Waals surface area contributed by atoms with Gasteiger partial charge in [0.2, 0.25) is 0 Å². The molecule has 2 aliphatic rings. The van der Waals surface area contributed by atoms with Crippen molar-refractivity contribution in [2.24, 2.45) is 0 Å². The Hall–Kier alpha value is -5.02. The van der Waals surface area contributed by atoms with Crippen LogP contribution in [0, 0.1) is 10.1 Å². The number of likely N-dealkylation sites (tertiary alicyclic amines) is 1. The Morgan fingerprint density at radius 2 is 1.80 bits per heavy atom. The van der Waals surface area contributed by atoms with Crippen molar-refractivity contribution in [2.45, 2.75) is 19.4 Å². The van der Waals surface area contributed by atoms with Crippen LogP contribution in [0.2, 0.25) is 0 Å². The number of aromatic nitrogens is 2. The molecular weight excluding hydrogens is 504 g/mol. The van der Waals surface area contributed by atoms with E-state index in [4.69, 9.17) is 0 Å². The normalized spacial score (nSPS) is 16.2. The van der Waals surface area contributed by atoms with Gasteiger partial charge in [-0.2, -0.15) is 0 Å². The molecular formula is C31H28N6O3. The SMILES string of the molecule is O=C1Nc2ccc([N+](=O)[O-])cc2/C1=C(/Nc1ccc(/C=C/c2c[nH]cn2)cc1)c1ccc(CN2CCCC2)cc1. The summed E-state index contributed by atoms with van der Waals surface area (Å²) in [7, 11) is 0. The molecule has 0 saturated carbocycles. The standard InChI is InChI=1S/C31H28N6O3/c38-31-29(27-17-26(37(39)40)13-14-28(27)35-31)30(23-8-3-22(4-9-23)19-36-15-1-2-16-36)34-24-10-5-21(6-11-24)7-12-25-18-32-20-33-25/h3-14,17-18,20,34H,1-2,15-16,19H2,(H,32,33)(H,35,38)/b12-7+,30-29-. The van der Waals surface area contributed by atoms with Crippen LogP contribution in [0.4, 0.5) is 17.1 Å². The molecule has 0 bridgehead atoms. The second-order valence-electron chi connectivity index (χ2n) is 9.95. The monoisotopic (exact) mass is 532 g/mol. The fourth-order valence-corrected chi connectivity index (χ4v) is 5.14. The van der Waals surface area contributed by atoms with Crippen LogP contribution in [0.25, 0.3) is 23.4 Å². The number of fused-ring (bicyclic) bond motifs is 1. The molecule has 6 rings (SSSR count). The Bertz CT molecular complexity index is 1600. The number of benzene rings is 3. The zero-order valence-electron chi connectivity index (χ0n) is 21.8. The van der Waals surface area contributed by atoms with Crippen molar-refractivity contribution in [3.05, 3.63) is 117 Å². The van der Waals surface area contributed by atoms with Gasteiger partial charge in [-0.05, 0) is 66.9 Å². The maximum Gasteiger partial charge on any atom is 0.270 e. The lowest BCUT2D eigenvalue weighted by atomic mass is 9.98. The van der Waals surface area contributed by atoms with E-state index in [1.54, 1.807) is 12.4 Å². The number of imidazole rings is 1. The van der Waals surface area contributed by atoms with Gasteiger partial charge in [0, 0.05) is 41.8 Å². The van der Waals surface area contributed by atoms with Gasteiger partial charge in [0.05, 0.1) is 28.2 Å². The fourth-order valence-electron chi connectivity index (χ4n) is 5.14. The molecule has 3 heterocycles. The summed E-state index contributed by atoms with van der Waals surface area (Å²) < 4.78 is 0. The molecule has 2 aliphatic heterocycles. The number of rotatable bonds is 8. The van der Waals surface area contributed by atoms with E-state index >= 15 is 0 Å². The van der Waals surface area contributed by atoms with Crippen molar-refractivity contribution in [2.75, 3.05) is 23.7 Å². The third-order valence-electron chi connectivity index (χ3n) is 7.20. The van der Waals surface area contributed by atoms with Crippen LogP contribution in [0.15, 0.2) is 79.3 Å². The van der Waals surface area contributed by atoms with E-state index in [2.05, 4.69) is 37.6 Å². The van der Waals surface area contributed by atoms with Gasteiger partial charge in [-0.25, -0.2) is 4.98 Å². The van der Waals surface area contributed by atoms with Crippen LogP contribution in [-0.2, 0) is 11.3 Å². The minimum Gasteiger partial charge on any atom is -0.354 e. The number of anilines is 2. The highest BCUT2D eigenvalue weighted by atomic mass is 16.6. The minimum atomic E-state index is -0.448. The van der Waals surface area contributed by atoms with Gasteiger partial charge in [-0.1, -0.05) is 42.5 Å². The molecule has 0 unspecified atom stereocenters. The number of nitrogens with zero attached hydrogens (tertiary/aromatic N) is 3. The second kappa shape index (κ2) is 11.0. The summed E-state index contributed by atoms with van der Waals surface area (Å²) in [5.41, 5.74) is 6.57. The van der Waals surface area contributed by atoms with Gasteiger partial charge in [-0.15, -0.1) is 0 Å². The number of H-pyrrole nitrogens is 1. The van der Waals surface area contributed by atoms with Crippen LogP contribution in [-0.4, -0.2) is 38.8 Å². The quantitative estimate of drug-likeness (QED) is 0.145. The van der Waals surface area contributed by atoms with E-state index < -0.39 is 4.92 Å². The zero-order valence-corrected chi connectivity index (χ0v) is 21.8. The summed E-state index contributed by atoms with van der Waals surface area (Å²) in [6.07, 6.45) is 9.80. The molecule has 1 amide bonds. The Labute approximate surface area is 231 Å². The maximum absolute atomic E-state index is 13.3. The second-order valence-corrected chi connectivity index (χ2v) is 9.95. The van der Waals surface area contributed by atoms with Crippen LogP contribution in [0.3, 0.4) is 0 Å². The molecule has 9 nitrogen and oxygen atoms in total. The Morgan fingerprint density at radius 3 is 2.50 bits per heavy atom. The number of hydrogen-bond acceptors (Lipinski definition) is 6. The molecule has 0 radical (unpaired) electrons. The predicted molar refractivity (Wildman–Crippen MR) is 157 cm³/mol. The van der Waals surface area contributed by atoms with Gasteiger partial charge in [0.15, 0.2) is 0 Å². The largest absolute Gasteiger partial charge is 0.354 e.